The Morgan fingerprint density at radius 1 is 1.33 bits per heavy atom. The third-order valence-corrected chi connectivity index (χ3v) is 7.32. The number of thioether (sulfide) groups is 2. The predicted molar refractivity (Wildman–Crippen MR) is 80.6 cm³/mol. The minimum absolute atomic E-state index is 0.241. The van der Waals surface area contributed by atoms with Gasteiger partial charge in [-0.1, -0.05) is 13.8 Å². The third kappa shape index (κ3) is 4.17. The van der Waals surface area contributed by atoms with Gasteiger partial charge in [0.2, 0.25) is 0 Å². The van der Waals surface area contributed by atoms with E-state index in [2.05, 4.69) is 13.8 Å². The van der Waals surface area contributed by atoms with E-state index in [1.165, 1.54) is 12.8 Å². The molecule has 2 aliphatic rings. The number of Topliss-reactive ketones (excluding diaryl/α,β-unsaturated/α-hetero) is 1. The van der Waals surface area contributed by atoms with Gasteiger partial charge >= 0.3 is 0 Å². The molecule has 2 saturated heterocycles. The van der Waals surface area contributed by atoms with Crippen LogP contribution in [0.4, 0.5) is 0 Å². The number of ketones is 1. The summed E-state index contributed by atoms with van der Waals surface area (Å²) in [6, 6.07) is 0. The number of hydrogen-bond donors (Lipinski definition) is 0. The lowest BCUT2D eigenvalue weighted by atomic mass is 10.1. The monoisotopic (exact) mass is 288 g/mol. The molecule has 0 saturated carbocycles. The Kier molecular flexibility index (Phi) is 5.90. The highest BCUT2D eigenvalue weighted by molar-refractivity contribution is 8.08. The Morgan fingerprint density at radius 2 is 2.17 bits per heavy atom. The molecule has 4 heteroatoms. The van der Waals surface area contributed by atoms with E-state index in [0.717, 1.165) is 31.6 Å². The Labute approximate surface area is 119 Å². The van der Waals surface area contributed by atoms with E-state index in [0.29, 0.717) is 22.4 Å². The van der Waals surface area contributed by atoms with Crippen LogP contribution in [0, 0.1) is 0 Å². The first-order valence-corrected chi connectivity index (χ1v) is 9.07. The Hall–Kier alpha value is 0.330. The first-order chi connectivity index (χ1) is 8.66. The average molecular weight is 288 g/mol. The molecular weight excluding hydrogens is 264 g/mol. The number of hydrogen-bond acceptors (Lipinski definition) is 4. The van der Waals surface area contributed by atoms with Gasteiger partial charge in [-0.05, 0) is 25.7 Å². The number of rotatable bonds is 5. The lowest BCUT2D eigenvalue weighted by Gasteiger charge is -2.30. The molecule has 0 spiro atoms. The van der Waals surface area contributed by atoms with Crippen LogP contribution in [0.2, 0.25) is 0 Å². The zero-order valence-electron chi connectivity index (χ0n) is 11.4. The summed E-state index contributed by atoms with van der Waals surface area (Å²) in [6.07, 6.45) is 5.65. The van der Waals surface area contributed by atoms with Gasteiger partial charge in [0.1, 0.15) is 5.78 Å². The van der Waals surface area contributed by atoms with Crippen molar-refractivity contribution in [2.45, 2.75) is 67.8 Å². The molecule has 0 aromatic rings. The molecule has 0 bridgehead atoms. The van der Waals surface area contributed by atoms with Crippen molar-refractivity contribution in [3.63, 3.8) is 0 Å². The summed E-state index contributed by atoms with van der Waals surface area (Å²) in [5, 5.41) is 1.53. The van der Waals surface area contributed by atoms with Gasteiger partial charge in [0.25, 0.3) is 0 Å². The van der Waals surface area contributed by atoms with Crippen LogP contribution in [0.3, 0.4) is 0 Å². The van der Waals surface area contributed by atoms with Crippen LogP contribution >= 0.6 is 23.5 Å². The second-order valence-electron chi connectivity index (χ2n) is 5.36. The number of ether oxygens (including phenoxy) is 1. The molecule has 2 rings (SSSR count). The first kappa shape index (κ1) is 14.7. The van der Waals surface area contributed by atoms with Gasteiger partial charge in [-0.15, -0.1) is 11.8 Å². The predicted octanol–water partition coefficient (Wildman–Crippen LogP) is 3.53. The van der Waals surface area contributed by atoms with Gasteiger partial charge in [-0.3, -0.25) is 4.79 Å². The van der Waals surface area contributed by atoms with E-state index >= 15 is 0 Å². The topological polar surface area (TPSA) is 26.3 Å². The van der Waals surface area contributed by atoms with Gasteiger partial charge in [-0.2, -0.15) is 11.8 Å². The van der Waals surface area contributed by atoms with Crippen LogP contribution in [-0.4, -0.2) is 40.0 Å². The van der Waals surface area contributed by atoms with Crippen LogP contribution in [0.1, 0.15) is 46.0 Å². The molecule has 0 aliphatic carbocycles. The van der Waals surface area contributed by atoms with E-state index in [1.807, 2.05) is 23.5 Å². The maximum absolute atomic E-state index is 12.1. The molecular formula is C14H24O2S2. The van der Waals surface area contributed by atoms with Crippen molar-refractivity contribution in [2.24, 2.45) is 0 Å². The van der Waals surface area contributed by atoms with Crippen LogP contribution in [0.25, 0.3) is 0 Å². The quantitative estimate of drug-likeness (QED) is 0.773. The standard InChI is InChI=1S/C14H24O2S2/c1-10-11(2)18-14(9-17-10)13(15)7-3-5-12-6-4-8-16-12/h10-12,14H,3-9H2,1-2H3. The summed E-state index contributed by atoms with van der Waals surface area (Å²) in [5.41, 5.74) is 0. The molecule has 0 aromatic carbocycles. The zero-order chi connectivity index (χ0) is 13.0. The van der Waals surface area contributed by atoms with E-state index in [9.17, 15) is 4.79 Å². The lowest BCUT2D eigenvalue weighted by Crippen LogP contribution is -2.31. The molecule has 4 unspecified atom stereocenters. The summed E-state index contributed by atoms with van der Waals surface area (Å²) in [7, 11) is 0. The van der Waals surface area contributed by atoms with Gasteiger partial charge in [-0.25, -0.2) is 0 Å². The van der Waals surface area contributed by atoms with E-state index in [4.69, 9.17) is 4.74 Å². The smallest absolute Gasteiger partial charge is 0.146 e. The lowest BCUT2D eigenvalue weighted by molar-refractivity contribution is -0.118. The van der Waals surface area contributed by atoms with Crippen molar-refractivity contribution in [2.75, 3.05) is 12.4 Å². The molecule has 0 N–H and O–H groups in total. The summed E-state index contributed by atoms with van der Waals surface area (Å²) >= 11 is 3.84. The largest absolute Gasteiger partial charge is 0.378 e. The molecule has 2 heterocycles. The van der Waals surface area contributed by atoms with Crippen molar-refractivity contribution in [1.29, 1.82) is 0 Å². The molecule has 104 valence electrons. The third-order valence-electron chi connectivity index (χ3n) is 3.88. The van der Waals surface area contributed by atoms with E-state index in [-0.39, 0.29) is 5.25 Å². The fraction of sp³-hybridized carbons (Fsp3) is 0.929. The van der Waals surface area contributed by atoms with E-state index in [1.54, 1.807) is 0 Å². The highest BCUT2D eigenvalue weighted by Gasteiger charge is 2.29. The molecule has 4 atom stereocenters. The van der Waals surface area contributed by atoms with Crippen molar-refractivity contribution in [1.82, 2.24) is 0 Å². The number of carbonyl (C=O) groups is 1. The normalized spacial score (nSPS) is 36.8. The first-order valence-electron chi connectivity index (χ1n) is 7.08. The highest BCUT2D eigenvalue weighted by Crippen LogP contribution is 2.36. The Morgan fingerprint density at radius 3 is 2.83 bits per heavy atom. The maximum Gasteiger partial charge on any atom is 0.146 e. The molecule has 2 fully saturated rings. The summed E-state index contributed by atoms with van der Waals surface area (Å²) in [6.45, 7) is 5.43. The van der Waals surface area contributed by atoms with Crippen molar-refractivity contribution in [3.8, 4) is 0 Å². The van der Waals surface area contributed by atoms with Crippen molar-refractivity contribution < 1.29 is 9.53 Å². The summed E-state index contributed by atoms with van der Waals surface area (Å²) in [5.74, 6) is 1.47. The van der Waals surface area contributed by atoms with Gasteiger partial charge in [0, 0.05) is 29.3 Å². The van der Waals surface area contributed by atoms with Gasteiger partial charge < -0.3 is 4.74 Å². The Bertz CT molecular complexity index is 277. The fourth-order valence-electron chi connectivity index (χ4n) is 2.49. The van der Waals surface area contributed by atoms with Crippen LogP contribution in [0.5, 0.6) is 0 Å². The molecule has 18 heavy (non-hydrogen) atoms. The summed E-state index contributed by atoms with van der Waals surface area (Å²) in [4.78, 5) is 12.1. The van der Waals surface area contributed by atoms with Gasteiger partial charge in [0.05, 0.1) is 11.4 Å². The highest BCUT2D eigenvalue weighted by atomic mass is 32.2. The van der Waals surface area contributed by atoms with Crippen LogP contribution in [0.15, 0.2) is 0 Å². The molecule has 2 nitrogen and oxygen atoms in total. The molecule has 0 aromatic heterocycles. The van der Waals surface area contributed by atoms with Crippen molar-refractivity contribution >= 4 is 29.3 Å². The minimum atomic E-state index is 0.241. The van der Waals surface area contributed by atoms with Crippen LogP contribution < -0.4 is 0 Å². The fourth-order valence-corrected chi connectivity index (χ4v) is 5.41. The second kappa shape index (κ2) is 7.20. The minimum Gasteiger partial charge on any atom is -0.378 e. The molecule has 0 amide bonds. The van der Waals surface area contributed by atoms with E-state index < -0.39 is 0 Å². The Balaban J connectivity index is 1.64. The van der Waals surface area contributed by atoms with Crippen molar-refractivity contribution in [3.05, 3.63) is 0 Å². The average Bonchev–Trinajstić information content (AvgIpc) is 2.85. The summed E-state index contributed by atoms with van der Waals surface area (Å²) < 4.78 is 5.59. The maximum atomic E-state index is 12.1. The molecule has 2 aliphatic heterocycles. The molecule has 0 radical (unpaired) electrons. The van der Waals surface area contributed by atoms with Crippen LogP contribution in [-0.2, 0) is 9.53 Å². The zero-order valence-corrected chi connectivity index (χ0v) is 13.0. The SMILES string of the molecule is CC1SCC(C(=O)CCCC2CCCO2)SC1C. The number of carbonyl (C=O) groups excluding carboxylic acids is 1. The second-order valence-corrected chi connectivity index (χ2v) is 8.36. The van der Waals surface area contributed by atoms with Gasteiger partial charge in [0.15, 0.2) is 0 Å².